The van der Waals surface area contributed by atoms with E-state index in [4.69, 9.17) is 14.2 Å². The van der Waals surface area contributed by atoms with Gasteiger partial charge in [-0.2, -0.15) is 0 Å². The van der Waals surface area contributed by atoms with Crippen molar-refractivity contribution in [2.24, 2.45) is 0 Å². The van der Waals surface area contributed by atoms with Crippen molar-refractivity contribution in [3.05, 3.63) is 0 Å². The van der Waals surface area contributed by atoms with E-state index in [0.29, 0.717) is 13.2 Å². The Kier molecular flexibility index (Phi) is 3.36. The van der Waals surface area contributed by atoms with Crippen molar-refractivity contribution in [3.63, 3.8) is 0 Å². The number of aliphatic hydroxyl groups excluding tert-OH is 1. The summed E-state index contributed by atoms with van der Waals surface area (Å²) in [6.07, 6.45) is 2.11. The number of nitrogens with zero attached hydrogens (tertiary/aromatic N) is 1. The van der Waals surface area contributed by atoms with Crippen molar-refractivity contribution >= 4 is 0 Å². The third kappa shape index (κ3) is 2.35. The van der Waals surface area contributed by atoms with Gasteiger partial charge in [0.05, 0.1) is 32.5 Å². The number of rotatable bonds is 1. The molecule has 2 unspecified atom stereocenters. The van der Waals surface area contributed by atoms with E-state index in [-0.39, 0.29) is 12.1 Å². The molecule has 98 valence electrons. The highest BCUT2D eigenvalue weighted by atomic mass is 16.7. The van der Waals surface area contributed by atoms with Crippen LogP contribution in [0.25, 0.3) is 0 Å². The summed E-state index contributed by atoms with van der Waals surface area (Å²) in [6, 6.07) is 0.158. The topological polar surface area (TPSA) is 51.2 Å². The van der Waals surface area contributed by atoms with Gasteiger partial charge in [0.25, 0.3) is 0 Å². The molecule has 5 nitrogen and oxygen atoms in total. The molecule has 2 aliphatic heterocycles. The molecule has 2 saturated heterocycles. The van der Waals surface area contributed by atoms with Crippen LogP contribution in [0.4, 0.5) is 0 Å². The molecule has 1 aliphatic carbocycles. The van der Waals surface area contributed by atoms with E-state index in [1.165, 1.54) is 0 Å². The van der Waals surface area contributed by atoms with Crippen molar-refractivity contribution in [1.82, 2.24) is 4.90 Å². The molecule has 3 aliphatic rings. The van der Waals surface area contributed by atoms with Crippen LogP contribution in [0.15, 0.2) is 0 Å². The number of hydrogen-bond donors (Lipinski definition) is 1. The second-order valence-electron chi connectivity index (χ2n) is 5.13. The summed E-state index contributed by atoms with van der Waals surface area (Å²) in [4.78, 5) is 2.32. The highest BCUT2D eigenvalue weighted by Gasteiger charge is 2.46. The molecule has 0 aromatic rings. The van der Waals surface area contributed by atoms with Crippen molar-refractivity contribution in [2.75, 3.05) is 39.5 Å². The molecule has 3 fully saturated rings. The molecule has 0 amide bonds. The Hall–Kier alpha value is -0.200. The second-order valence-corrected chi connectivity index (χ2v) is 5.13. The van der Waals surface area contributed by atoms with Crippen LogP contribution in [0.1, 0.15) is 19.3 Å². The first kappa shape index (κ1) is 11.9. The van der Waals surface area contributed by atoms with E-state index in [2.05, 4.69) is 4.90 Å². The molecule has 0 bridgehead atoms. The lowest BCUT2D eigenvalue weighted by Crippen LogP contribution is -2.55. The lowest BCUT2D eigenvalue weighted by Gasteiger charge is -2.45. The Bertz CT molecular complexity index is 261. The van der Waals surface area contributed by atoms with Gasteiger partial charge >= 0.3 is 0 Å². The molecule has 1 N–H and O–H groups in total. The van der Waals surface area contributed by atoms with Gasteiger partial charge in [-0.15, -0.1) is 0 Å². The van der Waals surface area contributed by atoms with Gasteiger partial charge in [-0.05, 0) is 6.42 Å². The quantitative estimate of drug-likeness (QED) is 0.701. The van der Waals surface area contributed by atoms with Crippen molar-refractivity contribution < 1.29 is 19.3 Å². The van der Waals surface area contributed by atoms with Crippen LogP contribution in [0, 0.1) is 0 Å². The summed E-state index contributed by atoms with van der Waals surface area (Å²) in [5.41, 5.74) is 0. The van der Waals surface area contributed by atoms with Gasteiger partial charge in [0.2, 0.25) is 0 Å². The lowest BCUT2D eigenvalue weighted by molar-refractivity contribution is -0.208. The largest absolute Gasteiger partial charge is 0.391 e. The Labute approximate surface area is 102 Å². The predicted octanol–water partition coefficient (Wildman–Crippen LogP) is -0.0249. The Morgan fingerprint density at radius 2 is 1.76 bits per heavy atom. The van der Waals surface area contributed by atoms with Crippen LogP contribution in [-0.4, -0.2) is 67.5 Å². The predicted molar refractivity (Wildman–Crippen MR) is 60.7 cm³/mol. The fourth-order valence-corrected chi connectivity index (χ4v) is 3.16. The molecule has 17 heavy (non-hydrogen) atoms. The molecular weight excluding hydrogens is 222 g/mol. The molecule has 3 rings (SSSR count). The normalized spacial score (nSPS) is 38.6. The molecule has 1 spiro atoms. The molecule has 0 aromatic heterocycles. The van der Waals surface area contributed by atoms with Gasteiger partial charge in [-0.3, -0.25) is 4.90 Å². The van der Waals surface area contributed by atoms with E-state index in [1.807, 2.05) is 0 Å². The van der Waals surface area contributed by atoms with Gasteiger partial charge in [0.15, 0.2) is 5.79 Å². The number of morpholine rings is 1. The average molecular weight is 243 g/mol. The zero-order valence-electron chi connectivity index (χ0n) is 10.1. The highest BCUT2D eigenvalue weighted by molar-refractivity contribution is 4.93. The summed E-state index contributed by atoms with van der Waals surface area (Å²) in [5.74, 6) is -0.414. The van der Waals surface area contributed by atoms with Crippen LogP contribution in [-0.2, 0) is 14.2 Å². The van der Waals surface area contributed by atoms with Crippen LogP contribution in [0.3, 0.4) is 0 Å². The van der Waals surface area contributed by atoms with Crippen LogP contribution in [0.2, 0.25) is 0 Å². The minimum atomic E-state index is -0.414. The summed E-state index contributed by atoms with van der Waals surface area (Å²) in [5, 5.41) is 10.2. The zero-order valence-corrected chi connectivity index (χ0v) is 10.1. The van der Waals surface area contributed by atoms with E-state index in [1.54, 1.807) is 0 Å². The van der Waals surface area contributed by atoms with Crippen LogP contribution in [0.5, 0.6) is 0 Å². The maximum Gasteiger partial charge on any atom is 0.170 e. The first-order valence-corrected chi connectivity index (χ1v) is 6.57. The molecule has 0 radical (unpaired) electrons. The summed E-state index contributed by atoms with van der Waals surface area (Å²) < 4.78 is 16.9. The third-order valence-electron chi connectivity index (χ3n) is 4.11. The fraction of sp³-hybridized carbons (Fsp3) is 1.00. The number of aliphatic hydroxyl groups is 1. The maximum atomic E-state index is 10.2. The minimum Gasteiger partial charge on any atom is -0.391 e. The van der Waals surface area contributed by atoms with Gasteiger partial charge in [0, 0.05) is 32.0 Å². The Morgan fingerprint density at radius 1 is 1.06 bits per heavy atom. The summed E-state index contributed by atoms with van der Waals surface area (Å²) >= 11 is 0. The molecule has 5 heteroatoms. The second kappa shape index (κ2) is 4.82. The lowest BCUT2D eigenvalue weighted by atomic mass is 9.86. The Balaban J connectivity index is 1.68. The van der Waals surface area contributed by atoms with Gasteiger partial charge < -0.3 is 19.3 Å². The first-order chi connectivity index (χ1) is 8.29. The van der Waals surface area contributed by atoms with Crippen LogP contribution < -0.4 is 0 Å². The molecule has 2 atom stereocenters. The average Bonchev–Trinajstić information content (AvgIpc) is 2.82. The summed E-state index contributed by atoms with van der Waals surface area (Å²) in [7, 11) is 0. The van der Waals surface area contributed by atoms with E-state index in [9.17, 15) is 5.11 Å². The van der Waals surface area contributed by atoms with Gasteiger partial charge in [-0.1, -0.05) is 0 Å². The Morgan fingerprint density at radius 3 is 2.47 bits per heavy atom. The van der Waals surface area contributed by atoms with Gasteiger partial charge in [-0.25, -0.2) is 0 Å². The zero-order chi connectivity index (χ0) is 11.7. The SMILES string of the molecule is OC1CCC2(CC1N1CCOCC1)OCCO2. The maximum absolute atomic E-state index is 10.2. The van der Waals surface area contributed by atoms with E-state index in [0.717, 1.165) is 45.6 Å². The molecule has 1 saturated carbocycles. The van der Waals surface area contributed by atoms with Crippen molar-refractivity contribution in [1.29, 1.82) is 0 Å². The summed E-state index contributed by atoms with van der Waals surface area (Å²) in [6.45, 7) is 4.70. The molecule has 2 heterocycles. The standard InChI is InChI=1S/C12H21NO4/c14-11-1-2-12(16-7-8-17-12)9-10(11)13-3-5-15-6-4-13/h10-11,14H,1-9H2. The van der Waals surface area contributed by atoms with Crippen molar-refractivity contribution in [3.8, 4) is 0 Å². The first-order valence-electron chi connectivity index (χ1n) is 6.57. The minimum absolute atomic E-state index is 0.158. The fourth-order valence-electron chi connectivity index (χ4n) is 3.16. The van der Waals surface area contributed by atoms with Gasteiger partial charge in [0.1, 0.15) is 0 Å². The molecule has 0 aromatic carbocycles. The van der Waals surface area contributed by atoms with Crippen LogP contribution >= 0.6 is 0 Å². The van der Waals surface area contributed by atoms with E-state index >= 15 is 0 Å². The number of ether oxygens (including phenoxy) is 3. The monoisotopic (exact) mass is 243 g/mol. The van der Waals surface area contributed by atoms with E-state index < -0.39 is 5.79 Å². The van der Waals surface area contributed by atoms with Crippen molar-refractivity contribution in [2.45, 2.75) is 37.2 Å². The smallest absolute Gasteiger partial charge is 0.170 e. The number of hydrogen-bond acceptors (Lipinski definition) is 5. The molecular formula is C12H21NO4. The third-order valence-corrected chi connectivity index (χ3v) is 4.11. The highest BCUT2D eigenvalue weighted by Crippen LogP contribution is 2.37.